The molecule has 62 heavy (non-hydrogen) atoms. The van der Waals surface area contributed by atoms with Gasteiger partial charge in [-0.1, -0.05) is 224 Å². The van der Waals surface area contributed by atoms with Crippen LogP contribution in [0.5, 0.6) is 0 Å². The van der Waals surface area contributed by atoms with Crippen molar-refractivity contribution < 1.29 is 24.5 Å². The van der Waals surface area contributed by atoms with Crippen molar-refractivity contribution in [2.24, 2.45) is 0 Å². The Bertz CT molecular complexity index is 1010. The zero-order valence-corrected chi connectivity index (χ0v) is 41.4. The van der Waals surface area contributed by atoms with Gasteiger partial charge in [0, 0.05) is 12.8 Å². The van der Waals surface area contributed by atoms with Crippen molar-refractivity contribution in [3.05, 3.63) is 36.5 Å². The van der Waals surface area contributed by atoms with Crippen LogP contribution in [-0.4, -0.2) is 47.4 Å². The summed E-state index contributed by atoms with van der Waals surface area (Å²) in [7, 11) is 0. The number of nitrogens with one attached hydrogen (secondary N) is 1. The minimum Gasteiger partial charge on any atom is -0.466 e. The third-order valence-electron chi connectivity index (χ3n) is 12.4. The highest BCUT2D eigenvalue weighted by Gasteiger charge is 2.18. The second-order valence-corrected chi connectivity index (χ2v) is 18.5. The van der Waals surface area contributed by atoms with Crippen molar-refractivity contribution in [2.75, 3.05) is 13.2 Å². The van der Waals surface area contributed by atoms with E-state index in [1.807, 2.05) is 6.08 Å². The van der Waals surface area contributed by atoms with E-state index in [0.29, 0.717) is 19.4 Å². The molecule has 0 aliphatic rings. The summed E-state index contributed by atoms with van der Waals surface area (Å²) in [5, 5.41) is 23.1. The zero-order chi connectivity index (χ0) is 45.1. The van der Waals surface area contributed by atoms with E-state index in [4.69, 9.17) is 4.74 Å². The fraction of sp³-hybridized carbons (Fsp3) is 0.857. The number of ether oxygens (including phenoxy) is 1. The first-order valence-corrected chi connectivity index (χ1v) is 27.3. The Balaban J connectivity index is 3.56. The van der Waals surface area contributed by atoms with Gasteiger partial charge in [-0.05, 0) is 83.5 Å². The third kappa shape index (κ3) is 47.6. The van der Waals surface area contributed by atoms with Crippen molar-refractivity contribution >= 4 is 11.9 Å². The highest BCUT2D eigenvalue weighted by atomic mass is 16.5. The maximum atomic E-state index is 12.5. The first kappa shape index (κ1) is 60.1. The van der Waals surface area contributed by atoms with E-state index >= 15 is 0 Å². The summed E-state index contributed by atoms with van der Waals surface area (Å²) >= 11 is 0. The van der Waals surface area contributed by atoms with Gasteiger partial charge in [0.1, 0.15) is 0 Å². The van der Waals surface area contributed by atoms with E-state index in [1.165, 1.54) is 173 Å². The molecule has 0 aromatic rings. The monoisotopic (exact) mass is 872 g/mol. The van der Waals surface area contributed by atoms with Crippen molar-refractivity contribution in [1.82, 2.24) is 5.32 Å². The van der Waals surface area contributed by atoms with E-state index in [0.717, 1.165) is 83.5 Å². The summed E-state index contributed by atoms with van der Waals surface area (Å²) in [6.45, 7) is 4.80. The number of hydrogen-bond donors (Lipinski definition) is 3. The molecule has 0 spiro atoms. The first-order valence-electron chi connectivity index (χ1n) is 27.3. The lowest BCUT2D eigenvalue weighted by atomic mass is 10.0. The summed E-state index contributed by atoms with van der Waals surface area (Å²) < 4.78 is 5.42. The Morgan fingerprint density at radius 2 is 0.758 bits per heavy atom. The van der Waals surface area contributed by atoms with Gasteiger partial charge in [-0.25, -0.2) is 0 Å². The van der Waals surface area contributed by atoms with Crippen LogP contribution in [0, 0.1) is 0 Å². The summed E-state index contributed by atoms with van der Waals surface area (Å²) in [5.74, 6) is -0.139. The van der Waals surface area contributed by atoms with Gasteiger partial charge in [-0.3, -0.25) is 9.59 Å². The molecule has 0 bridgehead atoms. The Morgan fingerprint density at radius 3 is 1.18 bits per heavy atom. The van der Waals surface area contributed by atoms with Gasteiger partial charge in [0.25, 0.3) is 0 Å². The predicted octanol–water partition coefficient (Wildman–Crippen LogP) is 16.5. The molecule has 2 unspecified atom stereocenters. The molecule has 0 fully saturated rings. The van der Waals surface area contributed by atoms with E-state index in [1.54, 1.807) is 6.08 Å². The molecule has 2 atom stereocenters. The number of carbonyl (C=O) groups excluding carboxylic acids is 2. The molecule has 0 aliphatic heterocycles. The Hall–Kier alpha value is -1.92. The standard InChI is InChI=1S/C56H105NO5/c1-3-5-7-9-11-13-15-17-18-19-20-21-22-23-24-25-26-28-32-36-40-44-48-54(59)53(52-58)57-55(60)49-45-41-37-33-29-27-31-35-39-43-47-51-62-56(61)50-46-42-38-34-30-16-14-12-10-8-6-4-2/h12,14,31,35,44,48,53-54,58-59H,3-11,13,15-30,32-34,36-43,45-47,49-52H2,1-2H3,(H,57,60)/b14-12-,35-31-,48-44+. The van der Waals surface area contributed by atoms with Crippen LogP contribution in [0.2, 0.25) is 0 Å². The molecule has 6 heteroatoms. The third-order valence-corrected chi connectivity index (χ3v) is 12.4. The van der Waals surface area contributed by atoms with Gasteiger partial charge < -0.3 is 20.3 Å². The summed E-state index contributed by atoms with van der Waals surface area (Å²) in [5.41, 5.74) is 0. The van der Waals surface area contributed by atoms with Gasteiger partial charge in [0.2, 0.25) is 5.91 Å². The summed E-state index contributed by atoms with van der Waals surface area (Å²) in [6.07, 6.45) is 63.0. The molecular weight excluding hydrogens is 767 g/mol. The lowest BCUT2D eigenvalue weighted by Gasteiger charge is -2.20. The van der Waals surface area contributed by atoms with Crippen LogP contribution in [0.15, 0.2) is 36.5 Å². The van der Waals surface area contributed by atoms with Crippen molar-refractivity contribution in [1.29, 1.82) is 0 Å². The molecule has 6 nitrogen and oxygen atoms in total. The second-order valence-electron chi connectivity index (χ2n) is 18.5. The molecule has 0 saturated carbocycles. The Morgan fingerprint density at radius 1 is 0.435 bits per heavy atom. The maximum absolute atomic E-state index is 12.5. The number of unbranched alkanes of at least 4 members (excludes halogenated alkanes) is 35. The topological polar surface area (TPSA) is 95.9 Å². The van der Waals surface area contributed by atoms with E-state index in [-0.39, 0.29) is 18.5 Å². The fourth-order valence-corrected chi connectivity index (χ4v) is 8.15. The number of aliphatic hydroxyl groups is 2. The fourth-order valence-electron chi connectivity index (χ4n) is 8.15. The molecule has 364 valence electrons. The van der Waals surface area contributed by atoms with Crippen molar-refractivity contribution in [3.63, 3.8) is 0 Å². The van der Waals surface area contributed by atoms with Crippen LogP contribution in [0.3, 0.4) is 0 Å². The van der Waals surface area contributed by atoms with Gasteiger partial charge in [-0.2, -0.15) is 0 Å². The van der Waals surface area contributed by atoms with Crippen LogP contribution in [0.4, 0.5) is 0 Å². The largest absolute Gasteiger partial charge is 0.466 e. The molecule has 3 N–H and O–H groups in total. The predicted molar refractivity (Wildman–Crippen MR) is 269 cm³/mol. The maximum Gasteiger partial charge on any atom is 0.305 e. The molecule has 0 aromatic heterocycles. The van der Waals surface area contributed by atoms with Gasteiger partial charge in [-0.15, -0.1) is 0 Å². The van der Waals surface area contributed by atoms with E-state index < -0.39 is 12.1 Å². The molecule has 0 aromatic carbocycles. The highest BCUT2D eigenvalue weighted by Crippen LogP contribution is 2.16. The van der Waals surface area contributed by atoms with Crippen LogP contribution in [-0.2, 0) is 14.3 Å². The van der Waals surface area contributed by atoms with Crippen molar-refractivity contribution in [2.45, 2.75) is 296 Å². The normalized spacial score (nSPS) is 12.9. The Labute approximate surface area is 385 Å². The van der Waals surface area contributed by atoms with Crippen LogP contribution >= 0.6 is 0 Å². The molecular formula is C56H105NO5. The number of amides is 1. The average Bonchev–Trinajstić information content (AvgIpc) is 3.27. The van der Waals surface area contributed by atoms with Crippen molar-refractivity contribution in [3.8, 4) is 0 Å². The summed E-state index contributed by atoms with van der Waals surface area (Å²) in [6, 6.07) is -0.650. The number of carbonyl (C=O) groups is 2. The van der Waals surface area contributed by atoms with Gasteiger partial charge in [0.15, 0.2) is 0 Å². The highest BCUT2D eigenvalue weighted by molar-refractivity contribution is 5.76. The van der Waals surface area contributed by atoms with Gasteiger partial charge in [0.05, 0.1) is 25.4 Å². The molecule has 0 heterocycles. The number of hydrogen-bond acceptors (Lipinski definition) is 5. The quantitative estimate of drug-likeness (QED) is 0.0321. The molecule has 0 saturated heterocycles. The minimum absolute atomic E-state index is 0.0431. The SMILES string of the molecule is CCCCC/C=C\CCCCCCCC(=O)OCCCC/C=C\CCCCCCCC(=O)NC(CO)C(O)/C=C/CCCCCCCCCCCCCCCCCCCCCC. The molecule has 0 rings (SSSR count). The Kier molecular flexibility index (Phi) is 50.1. The van der Waals surface area contributed by atoms with Crippen LogP contribution < -0.4 is 5.32 Å². The molecule has 1 amide bonds. The van der Waals surface area contributed by atoms with Gasteiger partial charge >= 0.3 is 5.97 Å². The minimum atomic E-state index is -0.864. The molecule has 0 aliphatic carbocycles. The number of allylic oxidation sites excluding steroid dienone is 5. The van der Waals surface area contributed by atoms with E-state index in [9.17, 15) is 19.8 Å². The molecule has 0 radical (unpaired) electrons. The second kappa shape index (κ2) is 51.7. The average molecular weight is 872 g/mol. The smallest absolute Gasteiger partial charge is 0.305 e. The lowest BCUT2D eigenvalue weighted by Crippen LogP contribution is -2.45. The number of aliphatic hydroxyl groups excluding tert-OH is 2. The van der Waals surface area contributed by atoms with Crippen LogP contribution in [0.1, 0.15) is 284 Å². The summed E-state index contributed by atoms with van der Waals surface area (Å²) in [4.78, 5) is 24.4. The number of rotatable bonds is 50. The van der Waals surface area contributed by atoms with Crippen LogP contribution in [0.25, 0.3) is 0 Å². The zero-order valence-electron chi connectivity index (χ0n) is 41.4. The number of esters is 1. The van der Waals surface area contributed by atoms with E-state index in [2.05, 4.69) is 43.5 Å². The lowest BCUT2D eigenvalue weighted by molar-refractivity contribution is -0.143. The first-order chi connectivity index (χ1) is 30.5.